The number of hydrogen-bond donors (Lipinski definition) is 1. The van der Waals surface area contributed by atoms with Crippen LogP contribution in [-0.4, -0.2) is 53.4 Å². The van der Waals surface area contributed by atoms with Crippen molar-refractivity contribution in [2.24, 2.45) is 0 Å². The molecule has 0 aliphatic rings. The number of nitrogens with one attached hydrogen (secondary N) is 1. The molecule has 8 heteroatoms. The van der Waals surface area contributed by atoms with Crippen molar-refractivity contribution in [3.8, 4) is 0 Å². The maximum absolute atomic E-state index is 12.5. The highest BCUT2D eigenvalue weighted by Gasteiger charge is 2.44. The van der Waals surface area contributed by atoms with Crippen LogP contribution in [-0.2, 0) is 20.2 Å². The molecule has 0 heterocycles. The zero-order valence-corrected chi connectivity index (χ0v) is 29.8. The lowest BCUT2D eigenvalue weighted by Crippen LogP contribution is -2.52. The lowest BCUT2D eigenvalue weighted by molar-refractivity contribution is 0.0292. The van der Waals surface area contributed by atoms with Gasteiger partial charge in [0.15, 0.2) is 16.6 Å². The summed E-state index contributed by atoms with van der Waals surface area (Å²) in [5.41, 5.74) is 2.73. The van der Waals surface area contributed by atoms with E-state index in [1.807, 2.05) is 42.5 Å². The van der Waals surface area contributed by atoms with Gasteiger partial charge in [-0.25, -0.2) is 4.79 Å². The number of nitrogens with zero attached hydrogens (tertiary/aromatic N) is 1. The van der Waals surface area contributed by atoms with E-state index in [4.69, 9.17) is 13.6 Å². The van der Waals surface area contributed by atoms with Crippen molar-refractivity contribution in [3.63, 3.8) is 0 Å². The summed E-state index contributed by atoms with van der Waals surface area (Å²) in [6, 6.07) is 17.8. The minimum atomic E-state index is -2.14. The van der Waals surface area contributed by atoms with Gasteiger partial charge >= 0.3 is 6.09 Å². The normalized spacial score (nSPS) is 14.6. The van der Waals surface area contributed by atoms with Gasteiger partial charge in [-0.05, 0) is 72.6 Å². The zero-order chi connectivity index (χ0) is 31.1. The smallest absolute Gasteiger partial charge is 0.411 e. The molecule has 1 amide bonds. The molecule has 0 aliphatic heterocycles. The summed E-state index contributed by atoms with van der Waals surface area (Å²) in [6.07, 6.45) is -0.640. The summed E-state index contributed by atoms with van der Waals surface area (Å²) in [6.45, 7) is 30.0. The molecule has 2 aromatic carbocycles. The number of likely N-dealkylation sites (N-methyl/N-ethyl adjacent to an activating group) is 1. The zero-order valence-electron chi connectivity index (χ0n) is 27.8. The van der Waals surface area contributed by atoms with Crippen molar-refractivity contribution >= 4 is 28.4 Å². The lowest BCUT2D eigenvalue weighted by atomic mass is 10.0. The summed E-state index contributed by atoms with van der Waals surface area (Å²) in [5.74, 6) is 0. The van der Waals surface area contributed by atoms with E-state index in [9.17, 15) is 4.79 Å². The van der Waals surface area contributed by atoms with Gasteiger partial charge < -0.3 is 13.6 Å². The van der Waals surface area contributed by atoms with Crippen LogP contribution in [0.15, 0.2) is 54.6 Å². The summed E-state index contributed by atoms with van der Waals surface area (Å²) >= 11 is 0. The molecule has 0 aliphatic carbocycles. The molecule has 0 spiro atoms. The first kappa shape index (κ1) is 35.2. The molecule has 6 nitrogen and oxygen atoms in total. The van der Waals surface area contributed by atoms with E-state index < -0.39 is 22.7 Å². The number of anilines is 1. The number of benzene rings is 2. The van der Waals surface area contributed by atoms with Crippen LogP contribution in [0.1, 0.15) is 72.6 Å². The Labute approximate surface area is 252 Å². The van der Waals surface area contributed by atoms with E-state index in [0.29, 0.717) is 12.3 Å². The second kappa shape index (κ2) is 14.5. The number of amides is 1. The molecular weight excluding hydrogens is 545 g/mol. The van der Waals surface area contributed by atoms with Crippen molar-refractivity contribution in [2.75, 3.05) is 25.0 Å². The molecule has 2 aromatic rings. The topological polar surface area (TPSA) is 60.0 Å². The highest BCUT2D eigenvalue weighted by molar-refractivity contribution is 6.74. The van der Waals surface area contributed by atoms with Gasteiger partial charge in [0.2, 0.25) is 0 Å². The third-order valence-electron chi connectivity index (χ3n) is 8.98. The fourth-order valence-electron chi connectivity index (χ4n) is 4.08. The van der Waals surface area contributed by atoms with Crippen LogP contribution >= 0.6 is 0 Å². The number of carbonyl (C=O) groups excluding carboxylic acids is 1. The Kier molecular flexibility index (Phi) is 12.4. The van der Waals surface area contributed by atoms with Crippen LogP contribution in [0.3, 0.4) is 0 Å². The average molecular weight is 601 g/mol. The van der Waals surface area contributed by atoms with Crippen LogP contribution in [0.2, 0.25) is 36.3 Å². The minimum absolute atomic E-state index is 0.0582. The van der Waals surface area contributed by atoms with E-state index in [-0.39, 0.29) is 28.8 Å². The molecule has 0 unspecified atom stereocenters. The van der Waals surface area contributed by atoms with Crippen molar-refractivity contribution < 1.29 is 18.4 Å². The van der Waals surface area contributed by atoms with E-state index in [2.05, 4.69) is 104 Å². The minimum Gasteiger partial charge on any atom is -0.444 e. The van der Waals surface area contributed by atoms with Crippen LogP contribution in [0.5, 0.6) is 0 Å². The highest BCUT2D eigenvalue weighted by Crippen LogP contribution is 2.42. The number of hydrogen-bond acceptors (Lipinski definition) is 5. The molecule has 1 N–H and O–H groups in total. The molecule has 0 saturated heterocycles. The Hall–Kier alpha value is -1.98. The van der Waals surface area contributed by atoms with E-state index >= 15 is 0 Å². The first-order chi connectivity index (χ1) is 18.9. The van der Waals surface area contributed by atoms with E-state index in [1.54, 1.807) is 0 Å². The van der Waals surface area contributed by atoms with Gasteiger partial charge in [-0.1, -0.05) is 97.9 Å². The molecular formula is C33H56N2O4Si2. The Bertz CT molecular complexity index is 1070. The summed E-state index contributed by atoms with van der Waals surface area (Å²) in [4.78, 5) is 14.9. The first-order valence-electron chi connectivity index (χ1n) is 15.1. The highest BCUT2D eigenvalue weighted by atomic mass is 28.4. The van der Waals surface area contributed by atoms with E-state index in [0.717, 1.165) is 24.2 Å². The van der Waals surface area contributed by atoms with Gasteiger partial charge in [0, 0.05) is 5.69 Å². The van der Waals surface area contributed by atoms with Crippen molar-refractivity contribution in [1.29, 1.82) is 0 Å². The third-order valence-corrected chi connectivity index (χ3v) is 17.9. The molecule has 41 heavy (non-hydrogen) atoms. The molecule has 0 bridgehead atoms. The molecule has 0 fully saturated rings. The van der Waals surface area contributed by atoms with Crippen LogP contribution in [0, 0.1) is 0 Å². The van der Waals surface area contributed by atoms with Gasteiger partial charge in [-0.2, -0.15) is 0 Å². The number of ether oxygens (including phenoxy) is 1. The van der Waals surface area contributed by atoms with Gasteiger partial charge in [-0.3, -0.25) is 10.2 Å². The van der Waals surface area contributed by atoms with Gasteiger partial charge in [0.25, 0.3) is 0 Å². The summed E-state index contributed by atoms with van der Waals surface area (Å²) < 4.78 is 19.5. The lowest BCUT2D eigenvalue weighted by Gasteiger charge is -2.45. The average Bonchev–Trinajstić information content (AvgIpc) is 2.88. The second-order valence-corrected chi connectivity index (χ2v) is 23.5. The predicted octanol–water partition coefficient (Wildman–Crippen LogP) is 9.23. The second-order valence-electron chi connectivity index (χ2n) is 14.0. The molecule has 0 saturated carbocycles. The van der Waals surface area contributed by atoms with Crippen LogP contribution in [0.4, 0.5) is 10.5 Å². The van der Waals surface area contributed by atoms with E-state index in [1.165, 1.54) is 0 Å². The molecule has 230 valence electrons. The van der Waals surface area contributed by atoms with Crippen LogP contribution < -0.4 is 5.32 Å². The molecule has 0 aromatic heterocycles. The van der Waals surface area contributed by atoms with Gasteiger partial charge in [0.05, 0.1) is 18.8 Å². The monoisotopic (exact) mass is 600 g/mol. The maximum Gasteiger partial charge on any atom is 0.411 e. The Balaban J connectivity index is 2.36. The first-order valence-corrected chi connectivity index (χ1v) is 20.9. The van der Waals surface area contributed by atoms with Crippen molar-refractivity contribution in [2.45, 2.75) is 110 Å². The summed E-state index contributed by atoms with van der Waals surface area (Å²) in [5, 5.41) is 3.05. The predicted molar refractivity (Wildman–Crippen MR) is 178 cm³/mol. The standard InChI is InChI=1S/C33H56N2O4Si2/c1-13-35(14-2)29(25-38-40(9,10)32(3,4)5)30(39-41(11,12)33(6,7)8)27-20-22-28(23-21-27)34-31(36)37-24-26-18-16-15-17-19-26/h15-23,29-30H,13-14,24-25H2,1-12H3,(H,34,36)/t29-,30+/m1/s1. The number of carbonyl (C=O) groups is 1. The molecule has 2 rings (SSSR count). The van der Waals surface area contributed by atoms with Gasteiger partial charge in [-0.15, -0.1) is 0 Å². The van der Waals surface area contributed by atoms with Gasteiger partial charge in [0.1, 0.15) is 6.61 Å². The Morgan fingerprint density at radius 3 is 1.85 bits per heavy atom. The fraction of sp³-hybridized carbons (Fsp3) is 0.606. The van der Waals surface area contributed by atoms with Crippen molar-refractivity contribution in [3.05, 3.63) is 65.7 Å². The quantitative estimate of drug-likeness (QED) is 0.232. The number of rotatable bonds is 13. The Morgan fingerprint density at radius 1 is 0.829 bits per heavy atom. The molecule has 0 radical (unpaired) electrons. The fourth-order valence-corrected chi connectivity index (χ4v) is 6.39. The molecule has 2 atom stereocenters. The summed E-state index contributed by atoms with van der Waals surface area (Å²) in [7, 11) is -4.11. The SMILES string of the molecule is CCN(CC)[C@H](CO[Si](C)(C)C(C)(C)C)[C@@H](O[Si](C)(C)C(C)(C)C)c1ccc(NC(=O)OCc2ccccc2)cc1. The Morgan fingerprint density at radius 2 is 1.37 bits per heavy atom. The maximum atomic E-state index is 12.5. The van der Waals surface area contributed by atoms with Crippen molar-refractivity contribution in [1.82, 2.24) is 4.90 Å². The largest absolute Gasteiger partial charge is 0.444 e. The van der Waals surface area contributed by atoms with Crippen LogP contribution in [0.25, 0.3) is 0 Å². The third kappa shape index (κ3) is 10.1.